The van der Waals surface area contributed by atoms with Crippen LogP contribution in [0, 0.1) is 0 Å². The number of nitrogens with zero attached hydrogens (tertiary/aromatic N) is 2. The summed E-state index contributed by atoms with van der Waals surface area (Å²) in [7, 11) is 1.81. The Balaban J connectivity index is 1.64. The molecule has 1 aliphatic heterocycles. The SMILES string of the molecule is CCc1nc(CN(C)C(=O)[C@H]2CSc3ccccc3O2)cs1. The van der Waals surface area contributed by atoms with Crippen LogP contribution in [0.25, 0.3) is 0 Å². The maximum Gasteiger partial charge on any atom is 0.264 e. The highest BCUT2D eigenvalue weighted by molar-refractivity contribution is 7.99. The number of carbonyl (C=O) groups is 1. The lowest BCUT2D eigenvalue weighted by molar-refractivity contribution is -0.137. The van der Waals surface area contributed by atoms with Crippen molar-refractivity contribution in [3.63, 3.8) is 0 Å². The van der Waals surface area contributed by atoms with Crippen LogP contribution in [0.5, 0.6) is 5.75 Å². The highest BCUT2D eigenvalue weighted by atomic mass is 32.2. The molecule has 2 aromatic rings. The molecule has 0 bridgehead atoms. The summed E-state index contributed by atoms with van der Waals surface area (Å²) in [6.45, 7) is 2.61. The van der Waals surface area contributed by atoms with E-state index in [4.69, 9.17) is 4.74 Å². The van der Waals surface area contributed by atoms with Crippen LogP contribution in [0.3, 0.4) is 0 Å². The summed E-state index contributed by atoms with van der Waals surface area (Å²) in [5, 5.41) is 3.13. The molecule has 0 saturated heterocycles. The molecule has 0 unspecified atom stereocenters. The van der Waals surface area contributed by atoms with Gasteiger partial charge in [-0.15, -0.1) is 23.1 Å². The van der Waals surface area contributed by atoms with Gasteiger partial charge in [0.15, 0.2) is 6.10 Å². The van der Waals surface area contributed by atoms with Gasteiger partial charge in [0, 0.05) is 23.1 Å². The number of fused-ring (bicyclic) bond motifs is 1. The van der Waals surface area contributed by atoms with Gasteiger partial charge in [-0.3, -0.25) is 4.79 Å². The van der Waals surface area contributed by atoms with Crippen molar-refractivity contribution in [1.29, 1.82) is 0 Å². The second-order valence-electron chi connectivity index (χ2n) is 5.14. The summed E-state index contributed by atoms with van der Waals surface area (Å²) in [5.74, 6) is 1.46. The largest absolute Gasteiger partial charge is 0.479 e. The van der Waals surface area contributed by atoms with Crippen molar-refractivity contribution in [1.82, 2.24) is 9.88 Å². The molecule has 0 radical (unpaired) electrons. The van der Waals surface area contributed by atoms with Crippen LogP contribution in [-0.4, -0.2) is 34.7 Å². The molecule has 1 aromatic carbocycles. The molecular formula is C16H18N2O2S2. The molecular weight excluding hydrogens is 316 g/mol. The molecule has 1 amide bonds. The van der Waals surface area contributed by atoms with Crippen molar-refractivity contribution in [3.05, 3.63) is 40.3 Å². The van der Waals surface area contributed by atoms with E-state index in [-0.39, 0.29) is 5.91 Å². The van der Waals surface area contributed by atoms with Gasteiger partial charge in [-0.05, 0) is 18.6 Å². The van der Waals surface area contributed by atoms with E-state index in [0.717, 1.165) is 27.8 Å². The number of aryl methyl sites for hydroxylation is 1. The Morgan fingerprint density at radius 2 is 2.27 bits per heavy atom. The third kappa shape index (κ3) is 3.28. The minimum atomic E-state index is -0.422. The number of aromatic nitrogens is 1. The highest BCUT2D eigenvalue weighted by Crippen LogP contribution is 2.35. The van der Waals surface area contributed by atoms with Crippen molar-refractivity contribution < 1.29 is 9.53 Å². The molecule has 1 aliphatic rings. The molecule has 0 N–H and O–H groups in total. The lowest BCUT2D eigenvalue weighted by Crippen LogP contribution is -2.42. The van der Waals surface area contributed by atoms with Gasteiger partial charge < -0.3 is 9.64 Å². The first-order chi connectivity index (χ1) is 10.7. The molecule has 1 atom stereocenters. The number of thiazole rings is 1. The van der Waals surface area contributed by atoms with E-state index in [2.05, 4.69) is 11.9 Å². The minimum Gasteiger partial charge on any atom is -0.479 e. The van der Waals surface area contributed by atoms with Gasteiger partial charge in [0.2, 0.25) is 0 Å². The first-order valence-electron chi connectivity index (χ1n) is 7.24. The predicted octanol–water partition coefficient (Wildman–Crippen LogP) is 3.22. The van der Waals surface area contributed by atoms with Crippen molar-refractivity contribution in [2.75, 3.05) is 12.8 Å². The van der Waals surface area contributed by atoms with Gasteiger partial charge in [0.25, 0.3) is 5.91 Å². The maximum atomic E-state index is 12.6. The van der Waals surface area contributed by atoms with Crippen LogP contribution in [0.2, 0.25) is 0 Å². The van der Waals surface area contributed by atoms with Crippen molar-refractivity contribution in [3.8, 4) is 5.75 Å². The summed E-state index contributed by atoms with van der Waals surface area (Å²) in [4.78, 5) is 19.9. The lowest BCUT2D eigenvalue weighted by atomic mass is 10.3. The van der Waals surface area contributed by atoms with Gasteiger partial charge in [-0.2, -0.15) is 0 Å². The van der Waals surface area contributed by atoms with E-state index in [1.54, 1.807) is 28.0 Å². The average Bonchev–Trinajstić information content (AvgIpc) is 3.01. The fraction of sp³-hybridized carbons (Fsp3) is 0.375. The molecule has 2 heterocycles. The van der Waals surface area contributed by atoms with Crippen LogP contribution in [0.1, 0.15) is 17.6 Å². The monoisotopic (exact) mass is 334 g/mol. The number of hydrogen-bond donors (Lipinski definition) is 0. The number of para-hydroxylation sites is 1. The molecule has 0 saturated carbocycles. The zero-order valence-corrected chi connectivity index (χ0v) is 14.2. The summed E-state index contributed by atoms with van der Waals surface area (Å²) in [6, 6.07) is 7.84. The molecule has 116 valence electrons. The molecule has 0 fully saturated rings. The molecule has 0 spiro atoms. The number of carbonyl (C=O) groups excluding carboxylic acids is 1. The number of hydrogen-bond acceptors (Lipinski definition) is 5. The van der Waals surface area contributed by atoms with Crippen LogP contribution >= 0.6 is 23.1 Å². The third-order valence-corrected chi connectivity index (χ3v) is 5.62. The molecule has 3 rings (SSSR count). The Bertz CT molecular complexity index is 672. The Morgan fingerprint density at radius 3 is 3.05 bits per heavy atom. The van der Waals surface area contributed by atoms with Crippen molar-refractivity contribution in [2.24, 2.45) is 0 Å². The zero-order chi connectivity index (χ0) is 15.5. The highest BCUT2D eigenvalue weighted by Gasteiger charge is 2.29. The summed E-state index contributed by atoms with van der Waals surface area (Å²) < 4.78 is 5.85. The van der Waals surface area contributed by atoms with E-state index in [1.165, 1.54) is 0 Å². The second-order valence-corrected chi connectivity index (χ2v) is 7.15. The third-order valence-electron chi connectivity index (χ3n) is 3.46. The molecule has 6 heteroatoms. The predicted molar refractivity (Wildman–Crippen MR) is 89.5 cm³/mol. The Hall–Kier alpha value is -1.53. The summed E-state index contributed by atoms with van der Waals surface area (Å²) in [5.41, 5.74) is 0.946. The first-order valence-corrected chi connectivity index (χ1v) is 9.10. The van der Waals surface area contributed by atoms with Crippen molar-refractivity contribution >= 4 is 29.0 Å². The number of rotatable bonds is 4. The Kier molecular flexibility index (Phi) is 4.69. The van der Waals surface area contributed by atoms with Crippen LogP contribution in [-0.2, 0) is 17.8 Å². The van der Waals surface area contributed by atoms with Gasteiger partial charge >= 0.3 is 0 Å². The number of likely N-dealkylation sites (N-methyl/N-ethyl adjacent to an activating group) is 1. The number of amides is 1. The van der Waals surface area contributed by atoms with Crippen LogP contribution in [0.4, 0.5) is 0 Å². The van der Waals surface area contributed by atoms with E-state index in [0.29, 0.717) is 12.3 Å². The summed E-state index contributed by atoms with van der Waals surface area (Å²) in [6.07, 6.45) is 0.510. The van der Waals surface area contributed by atoms with E-state index >= 15 is 0 Å². The average molecular weight is 334 g/mol. The quantitative estimate of drug-likeness (QED) is 0.861. The maximum absolute atomic E-state index is 12.6. The van der Waals surface area contributed by atoms with E-state index in [9.17, 15) is 4.79 Å². The lowest BCUT2D eigenvalue weighted by Gasteiger charge is -2.28. The first kappa shape index (κ1) is 15.4. The van der Waals surface area contributed by atoms with Crippen molar-refractivity contribution in [2.45, 2.75) is 30.9 Å². The normalized spacial score (nSPS) is 16.7. The fourth-order valence-corrected chi connectivity index (χ4v) is 4.00. The fourth-order valence-electron chi connectivity index (χ4n) is 2.29. The van der Waals surface area contributed by atoms with Gasteiger partial charge in [0.05, 0.1) is 17.2 Å². The number of thioether (sulfide) groups is 1. The Morgan fingerprint density at radius 1 is 1.45 bits per heavy atom. The van der Waals surface area contributed by atoms with Gasteiger partial charge in [0.1, 0.15) is 5.75 Å². The topological polar surface area (TPSA) is 42.4 Å². The van der Waals surface area contributed by atoms with Gasteiger partial charge in [-0.1, -0.05) is 19.1 Å². The van der Waals surface area contributed by atoms with Gasteiger partial charge in [-0.25, -0.2) is 4.98 Å². The zero-order valence-electron chi connectivity index (χ0n) is 12.6. The number of benzene rings is 1. The summed E-state index contributed by atoms with van der Waals surface area (Å²) >= 11 is 3.32. The smallest absolute Gasteiger partial charge is 0.264 e. The second kappa shape index (κ2) is 6.71. The molecule has 1 aromatic heterocycles. The van der Waals surface area contributed by atoms with E-state index < -0.39 is 6.10 Å². The Labute approximate surface area is 138 Å². The van der Waals surface area contributed by atoms with Crippen LogP contribution in [0.15, 0.2) is 34.5 Å². The van der Waals surface area contributed by atoms with Crippen LogP contribution < -0.4 is 4.74 Å². The van der Waals surface area contributed by atoms with E-state index in [1.807, 2.05) is 36.7 Å². The molecule has 22 heavy (non-hydrogen) atoms. The molecule has 0 aliphatic carbocycles. The minimum absolute atomic E-state index is 0.00746. The molecule has 4 nitrogen and oxygen atoms in total. The standard InChI is InChI=1S/C16H18N2O2S2/c1-3-15-17-11(9-22-15)8-18(2)16(19)13-10-21-14-7-5-4-6-12(14)20-13/h4-7,9,13H,3,8,10H2,1-2H3/t13-/m1/s1. The number of ether oxygens (including phenoxy) is 1.